The Balaban J connectivity index is 1.31. The molecule has 1 heterocycles. The summed E-state index contributed by atoms with van der Waals surface area (Å²) < 4.78 is 13.1. The molecule has 7 rings (SSSR count). The third-order valence-electron chi connectivity index (χ3n) is 15.4. The highest BCUT2D eigenvalue weighted by atomic mass is 16.6. The number of hydrogen-bond acceptors (Lipinski definition) is 11. The topological polar surface area (TPSA) is 197 Å². The zero-order valence-electron chi connectivity index (χ0n) is 30.4. The van der Waals surface area contributed by atoms with Gasteiger partial charge in [0.1, 0.15) is 11.2 Å². The number of ketones is 1. The number of aliphatic hydroxyl groups excluding tert-OH is 4. The third kappa shape index (κ3) is 5.01. The summed E-state index contributed by atoms with van der Waals surface area (Å²) >= 11 is 0. The Morgan fingerprint density at radius 2 is 1.73 bits per heavy atom. The molecule has 0 amide bonds. The summed E-state index contributed by atoms with van der Waals surface area (Å²) in [7, 11) is 0. The van der Waals surface area contributed by atoms with Crippen molar-refractivity contribution in [3.8, 4) is 11.5 Å². The lowest BCUT2D eigenvalue weighted by atomic mass is 9.43. The van der Waals surface area contributed by atoms with Crippen LogP contribution in [0.15, 0.2) is 29.8 Å². The van der Waals surface area contributed by atoms with Crippen LogP contribution in [0.2, 0.25) is 0 Å². The molecule has 1 spiro atoms. The van der Waals surface area contributed by atoms with Gasteiger partial charge in [-0.15, -0.1) is 0 Å². The number of ether oxygens (including phenoxy) is 2. The number of benzene rings is 1. The van der Waals surface area contributed by atoms with Crippen LogP contribution in [0.1, 0.15) is 97.0 Å². The molecule has 0 radical (unpaired) electrons. The number of aliphatic hydroxyl groups is 6. The zero-order valence-corrected chi connectivity index (χ0v) is 30.4. The van der Waals surface area contributed by atoms with E-state index in [-0.39, 0.29) is 67.7 Å². The number of hydrogen-bond donors (Lipinski definition) is 8. The molecule has 5 aliphatic carbocycles. The van der Waals surface area contributed by atoms with Gasteiger partial charge in [-0.05, 0) is 84.6 Å². The van der Waals surface area contributed by atoms with Crippen LogP contribution in [-0.2, 0) is 14.3 Å². The predicted octanol–water partition coefficient (Wildman–Crippen LogP) is 3.08. The highest BCUT2D eigenvalue weighted by molar-refractivity contribution is 5.96. The minimum Gasteiger partial charge on any atom is -0.504 e. The van der Waals surface area contributed by atoms with E-state index >= 15 is 0 Å². The zero-order chi connectivity index (χ0) is 36.9. The molecule has 0 bridgehead atoms. The average molecular weight is 715 g/mol. The minimum absolute atomic E-state index is 0.00883. The highest BCUT2D eigenvalue weighted by Gasteiger charge is 2.80. The van der Waals surface area contributed by atoms with E-state index in [4.69, 9.17) is 9.47 Å². The first-order valence-corrected chi connectivity index (χ1v) is 19.1. The first-order valence-electron chi connectivity index (χ1n) is 19.1. The van der Waals surface area contributed by atoms with E-state index in [1.54, 1.807) is 12.1 Å². The van der Waals surface area contributed by atoms with Crippen LogP contribution in [-0.4, -0.2) is 108 Å². The molecule has 51 heavy (non-hydrogen) atoms. The van der Waals surface area contributed by atoms with Crippen LogP contribution >= 0.6 is 0 Å². The Morgan fingerprint density at radius 1 is 0.980 bits per heavy atom. The molecule has 11 nitrogen and oxygen atoms in total. The molecule has 1 aromatic rings. The summed E-state index contributed by atoms with van der Waals surface area (Å²) in [5.74, 6) is -3.29. The summed E-state index contributed by atoms with van der Waals surface area (Å²) in [6.45, 7) is 7.90. The average Bonchev–Trinajstić information content (AvgIpc) is 3.42. The normalized spacial score (nSPS) is 49.1. The second-order valence-corrected chi connectivity index (χ2v) is 17.6. The first kappa shape index (κ1) is 37.2. The predicted molar refractivity (Wildman–Crippen MR) is 186 cm³/mol. The largest absolute Gasteiger partial charge is 0.504 e. The first-order chi connectivity index (χ1) is 24.0. The van der Waals surface area contributed by atoms with E-state index in [0.717, 1.165) is 12.8 Å². The second-order valence-electron chi connectivity index (χ2n) is 17.6. The maximum Gasteiger partial charge on any atom is 0.160 e. The summed E-state index contributed by atoms with van der Waals surface area (Å²) in [5.41, 5.74) is -5.14. The van der Waals surface area contributed by atoms with Gasteiger partial charge in [-0.1, -0.05) is 46.6 Å². The van der Waals surface area contributed by atoms with Crippen LogP contribution in [0, 0.1) is 40.4 Å². The molecule has 284 valence electrons. The van der Waals surface area contributed by atoms with E-state index in [9.17, 15) is 45.6 Å². The van der Waals surface area contributed by atoms with Crippen molar-refractivity contribution < 1.29 is 55.1 Å². The monoisotopic (exact) mass is 714 g/mol. The Morgan fingerprint density at radius 3 is 2.41 bits per heavy atom. The number of aromatic hydroxyl groups is 2. The van der Waals surface area contributed by atoms with Gasteiger partial charge in [0.05, 0.1) is 30.0 Å². The van der Waals surface area contributed by atoms with E-state index in [2.05, 4.69) is 6.92 Å². The van der Waals surface area contributed by atoms with Crippen LogP contribution in [0.5, 0.6) is 11.5 Å². The molecule has 1 aromatic carbocycles. The molecule has 5 fully saturated rings. The fourth-order valence-electron chi connectivity index (χ4n) is 12.7. The molecule has 1 saturated heterocycles. The van der Waals surface area contributed by atoms with Crippen molar-refractivity contribution >= 4 is 5.78 Å². The number of carbonyl (C=O) groups is 1. The van der Waals surface area contributed by atoms with Gasteiger partial charge >= 0.3 is 0 Å². The van der Waals surface area contributed by atoms with Crippen LogP contribution in [0.25, 0.3) is 0 Å². The number of allylic oxidation sites excluding steroid dienone is 1. The molecule has 1 aliphatic heterocycles. The molecule has 4 saturated carbocycles. The quantitative estimate of drug-likeness (QED) is 0.153. The Bertz CT molecular complexity index is 1550. The van der Waals surface area contributed by atoms with Crippen molar-refractivity contribution in [2.75, 3.05) is 19.8 Å². The summed E-state index contributed by atoms with van der Waals surface area (Å²) in [4.78, 5) is 14.6. The molecular weight excluding hydrogens is 656 g/mol. The van der Waals surface area contributed by atoms with Crippen molar-refractivity contribution in [1.82, 2.24) is 0 Å². The standard InChI is InChI=1S/C40H58O11/c1-21-7-5-11-40(35(47)22(21)2)38(48,13-15-42)34-30(51-40)20-39(49)25-18-28(45)32-31(23-8-9-26(43)27(44)17-23)33(46)29(50-16-6-14-41)19-36(32,3)24(25)10-12-37(34,39)4/h8-9,17-18,21-22,24,29-35,41-44,46-49H,5-7,10-16,19-20H2,1-4H3/t21-,22-,24+,29-,30-,31-,32-,33-,34+,35-,36+,37+,38+,39-,40-/m0/s1. The SMILES string of the molecule is C[C@H]1[C@@H](C)CCC[C@]2(O[C@H]3C[C@]4(O)C5=CC(=O)[C@H]6[C@H](c7ccc(O)c(O)c7)[C@@H](O)[C@@H](OCCCO)C[C@]6(C)[C@@H]5CC[C@]4(C)[C@@H]3[C@]2(O)CCO)[C@H]1O. The smallest absolute Gasteiger partial charge is 0.160 e. The number of carbonyl (C=O) groups excluding carboxylic acids is 1. The van der Waals surface area contributed by atoms with Crippen LogP contribution < -0.4 is 0 Å². The van der Waals surface area contributed by atoms with Gasteiger partial charge in [0.2, 0.25) is 0 Å². The van der Waals surface area contributed by atoms with E-state index < -0.39 is 69.8 Å². The molecule has 15 atom stereocenters. The van der Waals surface area contributed by atoms with Crippen molar-refractivity contribution in [1.29, 1.82) is 0 Å². The molecule has 6 aliphatic rings. The Kier molecular flexibility index (Phi) is 9.31. The van der Waals surface area contributed by atoms with Crippen molar-refractivity contribution in [3.05, 3.63) is 35.4 Å². The van der Waals surface area contributed by atoms with Crippen molar-refractivity contribution in [2.45, 2.75) is 133 Å². The van der Waals surface area contributed by atoms with Crippen LogP contribution in [0.4, 0.5) is 0 Å². The summed E-state index contributed by atoms with van der Waals surface area (Å²) in [6, 6.07) is 4.33. The molecule has 11 heteroatoms. The molecular formula is C40H58O11. The maximum atomic E-state index is 14.6. The lowest BCUT2D eigenvalue weighted by Gasteiger charge is -2.62. The highest BCUT2D eigenvalue weighted by Crippen LogP contribution is 2.73. The molecule has 8 N–H and O–H groups in total. The molecule has 0 unspecified atom stereocenters. The third-order valence-corrected chi connectivity index (χ3v) is 15.4. The number of phenolic OH excluding ortho intramolecular Hbond substituents is 2. The lowest BCUT2D eigenvalue weighted by molar-refractivity contribution is -0.233. The van der Waals surface area contributed by atoms with Gasteiger partial charge in [-0.25, -0.2) is 0 Å². The maximum absolute atomic E-state index is 14.6. The van der Waals surface area contributed by atoms with Crippen molar-refractivity contribution in [2.24, 2.45) is 40.4 Å². The second kappa shape index (κ2) is 12.8. The van der Waals surface area contributed by atoms with Crippen LogP contribution in [0.3, 0.4) is 0 Å². The fraction of sp³-hybridized carbons (Fsp3) is 0.775. The van der Waals surface area contributed by atoms with E-state index in [1.807, 2.05) is 20.8 Å². The Labute approximate surface area is 300 Å². The number of fused-ring (bicyclic) bond motifs is 7. The van der Waals surface area contributed by atoms with E-state index in [0.29, 0.717) is 43.2 Å². The van der Waals surface area contributed by atoms with Gasteiger partial charge in [-0.2, -0.15) is 0 Å². The molecule has 0 aromatic heterocycles. The minimum atomic E-state index is -1.63. The lowest BCUT2D eigenvalue weighted by Crippen LogP contribution is -2.68. The van der Waals surface area contributed by atoms with Gasteiger partial charge in [0, 0.05) is 55.8 Å². The number of rotatable bonds is 7. The number of phenols is 2. The van der Waals surface area contributed by atoms with Gasteiger partial charge in [-0.3, -0.25) is 4.79 Å². The fourth-order valence-corrected chi connectivity index (χ4v) is 12.7. The summed E-state index contributed by atoms with van der Waals surface area (Å²) in [6.07, 6.45) is 2.08. The van der Waals surface area contributed by atoms with E-state index in [1.165, 1.54) is 12.1 Å². The summed E-state index contributed by atoms with van der Waals surface area (Å²) in [5, 5.41) is 90.3. The van der Waals surface area contributed by atoms with Gasteiger partial charge < -0.3 is 50.3 Å². The Hall–Kier alpha value is -2.09. The van der Waals surface area contributed by atoms with Gasteiger partial charge in [0.15, 0.2) is 17.3 Å². The van der Waals surface area contributed by atoms with Crippen molar-refractivity contribution in [3.63, 3.8) is 0 Å². The van der Waals surface area contributed by atoms with Gasteiger partial charge in [0.25, 0.3) is 0 Å².